The van der Waals surface area contributed by atoms with E-state index < -0.39 is 0 Å². The van der Waals surface area contributed by atoms with Crippen LogP contribution in [0.3, 0.4) is 0 Å². The molecule has 1 heterocycles. The topological polar surface area (TPSA) is 42.0 Å². The van der Waals surface area contributed by atoms with Gasteiger partial charge in [-0.15, -0.1) is 0 Å². The van der Waals surface area contributed by atoms with Crippen molar-refractivity contribution >= 4 is 11.6 Å². The van der Waals surface area contributed by atoms with E-state index in [2.05, 4.69) is 10.3 Å². The van der Waals surface area contributed by atoms with E-state index in [1.807, 2.05) is 73.7 Å². The van der Waals surface area contributed by atoms with E-state index in [0.717, 1.165) is 16.8 Å². The van der Waals surface area contributed by atoms with Crippen LogP contribution in [-0.4, -0.2) is 10.9 Å². The number of amides is 1. The minimum absolute atomic E-state index is 0.134. The van der Waals surface area contributed by atoms with Crippen molar-refractivity contribution < 1.29 is 4.79 Å². The minimum Gasteiger partial charge on any atom is -0.321 e. The fraction of sp³-hybridized carbons (Fsp3) is 0.0526. The Morgan fingerprint density at radius 3 is 2.18 bits per heavy atom. The Kier molecular flexibility index (Phi) is 3.97. The molecule has 3 heteroatoms. The van der Waals surface area contributed by atoms with Crippen molar-refractivity contribution in [3.63, 3.8) is 0 Å². The fourth-order valence-electron chi connectivity index (χ4n) is 2.19. The lowest BCUT2D eigenvalue weighted by Gasteiger charge is -2.06. The zero-order chi connectivity index (χ0) is 15.4. The number of pyridine rings is 1. The molecule has 1 amide bonds. The van der Waals surface area contributed by atoms with Gasteiger partial charge in [0.25, 0.3) is 5.91 Å². The summed E-state index contributed by atoms with van der Waals surface area (Å²) in [7, 11) is 0. The fourth-order valence-corrected chi connectivity index (χ4v) is 2.19. The molecule has 3 aromatic rings. The summed E-state index contributed by atoms with van der Waals surface area (Å²) in [6.45, 7) is 1.91. The quantitative estimate of drug-likeness (QED) is 0.780. The predicted octanol–water partition coefficient (Wildman–Crippen LogP) is 4.31. The first-order chi connectivity index (χ1) is 10.7. The Morgan fingerprint density at radius 2 is 1.55 bits per heavy atom. The third-order valence-corrected chi connectivity index (χ3v) is 3.42. The lowest BCUT2D eigenvalue weighted by molar-refractivity contribution is 0.102. The number of hydrogen-bond donors (Lipinski definition) is 1. The van der Waals surface area contributed by atoms with Crippen molar-refractivity contribution in [2.75, 3.05) is 5.32 Å². The highest BCUT2D eigenvalue weighted by Crippen LogP contribution is 2.19. The molecular weight excluding hydrogens is 272 g/mol. The number of nitrogens with zero attached hydrogens (tertiary/aromatic N) is 1. The van der Waals surface area contributed by atoms with Gasteiger partial charge in [-0.3, -0.25) is 9.78 Å². The zero-order valence-electron chi connectivity index (χ0n) is 12.3. The SMILES string of the molecule is Cc1ccc(NC(=O)c2ccc(-c3ccccc3)cc2)cn1. The number of rotatable bonds is 3. The molecule has 0 saturated heterocycles. The molecule has 0 saturated carbocycles. The van der Waals surface area contributed by atoms with Crippen LogP contribution in [0.1, 0.15) is 16.1 Å². The number of hydrogen-bond acceptors (Lipinski definition) is 2. The summed E-state index contributed by atoms with van der Waals surface area (Å²) in [5.74, 6) is -0.134. The molecule has 0 bridgehead atoms. The summed E-state index contributed by atoms with van der Waals surface area (Å²) < 4.78 is 0. The normalized spacial score (nSPS) is 10.2. The summed E-state index contributed by atoms with van der Waals surface area (Å²) in [4.78, 5) is 16.4. The molecule has 22 heavy (non-hydrogen) atoms. The first-order valence-corrected chi connectivity index (χ1v) is 7.12. The molecule has 0 spiro atoms. The Balaban J connectivity index is 1.75. The van der Waals surface area contributed by atoms with Crippen molar-refractivity contribution in [1.29, 1.82) is 0 Å². The van der Waals surface area contributed by atoms with Gasteiger partial charge in [0.2, 0.25) is 0 Å². The molecule has 1 aromatic heterocycles. The van der Waals surface area contributed by atoms with Crippen molar-refractivity contribution in [2.45, 2.75) is 6.92 Å². The van der Waals surface area contributed by atoms with Gasteiger partial charge in [-0.1, -0.05) is 42.5 Å². The number of benzene rings is 2. The van der Waals surface area contributed by atoms with Crippen LogP contribution in [0.5, 0.6) is 0 Å². The van der Waals surface area contributed by atoms with E-state index >= 15 is 0 Å². The first-order valence-electron chi connectivity index (χ1n) is 7.12. The summed E-state index contributed by atoms with van der Waals surface area (Å²) in [5, 5.41) is 2.84. The second-order valence-corrected chi connectivity index (χ2v) is 5.09. The Morgan fingerprint density at radius 1 is 0.864 bits per heavy atom. The van der Waals surface area contributed by atoms with Gasteiger partial charge < -0.3 is 5.32 Å². The molecule has 3 rings (SSSR count). The van der Waals surface area contributed by atoms with Crippen LogP contribution >= 0.6 is 0 Å². The highest BCUT2D eigenvalue weighted by molar-refractivity contribution is 6.04. The Bertz CT molecular complexity index is 763. The maximum Gasteiger partial charge on any atom is 0.255 e. The van der Waals surface area contributed by atoms with Crippen LogP contribution in [0.25, 0.3) is 11.1 Å². The largest absolute Gasteiger partial charge is 0.321 e. The number of carbonyl (C=O) groups is 1. The van der Waals surface area contributed by atoms with Crippen molar-refractivity contribution in [3.05, 3.63) is 84.2 Å². The molecule has 108 valence electrons. The predicted molar refractivity (Wildman–Crippen MR) is 88.8 cm³/mol. The van der Waals surface area contributed by atoms with Crippen molar-refractivity contribution in [2.24, 2.45) is 0 Å². The molecule has 0 aliphatic rings. The number of nitrogens with one attached hydrogen (secondary N) is 1. The number of aromatic nitrogens is 1. The minimum atomic E-state index is -0.134. The number of carbonyl (C=O) groups excluding carboxylic acids is 1. The maximum absolute atomic E-state index is 12.2. The molecular formula is C19H16N2O. The lowest BCUT2D eigenvalue weighted by atomic mass is 10.0. The molecule has 0 aliphatic carbocycles. The van der Waals surface area contributed by atoms with E-state index in [4.69, 9.17) is 0 Å². The van der Waals surface area contributed by atoms with Crippen molar-refractivity contribution in [3.8, 4) is 11.1 Å². The second-order valence-electron chi connectivity index (χ2n) is 5.09. The third-order valence-electron chi connectivity index (χ3n) is 3.42. The average Bonchev–Trinajstić information content (AvgIpc) is 2.58. The monoisotopic (exact) mass is 288 g/mol. The van der Waals surface area contributed by atoms with Crippen LogP contribution in [-0.2, 0) is 0 Å². The molecule has 0 unspecified atom stereocenters. The molecule has 3 nitrogen and oxygen atoms in total. The Hall–Kier alpha value is -2.94. The summed E-state index contributed by atoms with van der Waals surface area (Å²) >= 11 is 0. The van der Waals surface area contributed by atoms with E-state index in [-0.39, 0.29) is 5.91 Å². The maximum atomic E-state index is 12.2. The van der Waals surface area contributed by atoms with Crippen LogP contribution in [0.4, 0.5) is 5.69 Å². The third kappa shape index (κ3) is 3.20. The molecule has 0 fully saturated rings. The van der Waals surface area contributed by atoms with Gasteiger partial charge in [0.05, 0.1) is 11.9 Å². The molecule has 0 atom stereocenters. The van der Waals surface area contributed by atoms with Gasteiger partial charge in [-0.2, -0.15) is 0 Å². The lowest BCUT2D eigenvalue weighted by Crippen LogP contribution is -2.11. The second kappa shape index (κ2) is 6.22. The van der Waals surface area contributed by atoms with E-state index in [0.29, 0.717) is 11.3 Å². The molecule has 0 radical (unpaired) electrons. The number of anilines is 1. The van der Waals surface area contributed by atoms with Gasteiger partial charge in [-0.25, -0.2) is 0 Å². The highest BCUT2D eigenvalue weighted by Gasteiger charge is 2.06. The first kappa shape index (κ1) is 14.0. The van der Waals surface area contributed by atoms with Gasteiger partial charge in [-0.05, 0) is 42.3 Å². The molecule has 0 aliphatic heterocycles. The summed E-state index contributed by atoms with van der Waals surface area (Å²) in [6, 6.07) is 21.4. The van der Waals surface area contributed by atoms with E-state index in [9.17, 15) is 4.79 Å². The highest BCUT2D eigenvalue weighted by atomic mass is 16.1. The van der Waals surface area contributed by atoms with Gasteiger partial charge in [0.1, 0.15) is 0 Å². The van der Waals surface area contributed by atoms with Crippen LogP contribution in [0, 0.1) is 6.92 Å². The zero-order valence-corrected chi connectivity index (χ0v) is 12.3. The van der Waals surface area contributed by atoms with Crippen LogP contribution in [0.15, 0.2) is 72.9 Å². The standard InChI is InChI=1S/C19H16N2O/c1-14-7-12-18(13-20-14)21-19(22)17-10-8-16(9-11-17)15-5-3-2-4-6-15/h2-13H,1H3,(H,21,22). The van der Waals surface area contributed by atoms with E-state index in [1.54, 1.807) is 6.20 Å². The van der Waals surface area contributed by atoms with Gasteiger partial charge in [0.15, 0.2) is 0 Å². The number of aryl methyl sites for hydroxylation is 1. The molecule has 1 N–H and O–H groups in total. The van der Waals surface area contributed by atoms with Gasteiger partial charge in [0, 0.05) is 11.3 Å². The average molecular weight is 288 g/mol. The summed E-state index contributed by atoms with van der Waals surface area (Å²) in [6.07, 6.45) is 1.66. The van der Waals surface area contributed by atoms with Crippen molar-refractivity contribution in [1.82, 2.24) is 4.98 Å². The van der Waals surface area contributed by atoms with E-state index in [1.165, 1.54) is 0 Å². The van der Waals surface area contributed by atoms with Crippen LogP contribution in [0.2, 0.25) is 0 Å². The van der Waals surface area contributed by atoms with Crippen LogP contribution < -0.4 is 5.32 Å². The van der Waals surface area contributed by atoms with Gasteiger partial charge >= 0.3 is 0 Å². The smallest absolute Gasteiger partial charge is 0.255 e. The summed E-state index contributed by atoms with van der Waals surface area (Å²) in [5.41, 5.74) is 4.47. The Labute approximate surface area is 129 Å². The molecule has 2 aromatic carbocycles.